The quantitative estimate of drug-likeness (QED) is 0.231. The fourth-order valence-electron chi connectivity index (χ4n) is 1.34. The molecule has 0 aromatic heterocycles. The maximum absolute atomic E-state index is 9.75. The van der Waals surface area contributed by atoms with Gasteiger partial charge in [0.15, 0.2) is 0 Å². The van der Waals surface area contributed by atoms with E-state index in [4.69, 9.17) is 0 Å². The molecule has 0 radical (unpaired) electrons. The summed E-state index contributed by atoms with van der Waals surface area (Å²) in [4.78, 5) is 0. The normalized spacial score (nSPS) is 12.0. The van der Waals surface area contributed by atoms with E-state index in [0.717, 1.165) is 0 Å². The lowest BCUT2D eigenvalue weighted by atomic mass is 10.3. The van der Waals surface area contributed by atoms with E-state index in [1.807, 2.05) is 0 Å². The SMILES string of the molecule is CC[N+](CC)(CC)CC.F[B-](F)(F)F.F[B-](F)(F)F.F[B-](F)(F)F.F[B-](F)(F)F. The van der Waals surface area contributed by atoms with Crippen LogP contribution in [0.2, 0.25) is 0 Å². The largest absolute Gasteiger partial charge is 0.673 e. The molecule has 0 unspecified atom stereocenters. The average Bonchev–Trinajstić information content (AvgIpc) is 2.34. The van der Waals surface area contributed by atoms with Gasteiger partial charge in [0.2, 0.25) is 0 Å². The summed E-state index contributed by atoms with van der Waals surface area (Å²) >= 11 is 0. The van der Waals surface area contributed by atoms with E-state index in [9.17, 15) is 69.1 Å². The summed E-state index contributed by atoms with van der Waals surface area (Å²) in [5, 5.41) is 0. The van der Waals surface area contributed by atoms with E-state index in [0.29, 0.717) is 0 Å². The Bertz CT molecular complexity index is 257. The van der Waals surface area contributed by atoms with Gasteiger partial charge < -0.3 is 73.5 Å². The fourth-order valence-corrected chi connectivity index (χ4v) is 1.34. The van der Waals surface area contributed by atoms with Crippen molar-refractivity contribution < 1.29 is 73.5 Å². The smallest absolute Gasteiger partial charge is 0.418 e. The standard InChI is InChI=1S/C8H20N.4BF4/c1-5-9(6-2,7-3)8-4;4*2-1(3,4)5/h5-8H2,1-4H3;;;;/q+1;4*-1. The Hall–Kier alpha value is -0.900. The molecule has 0 N–H and O–H groups in total. The summed E-state index contributed by atoms with van der Waals surface area (Å²) < 4.78 is 157. The van der Waals surface area contributed by atoms with E-state index in [2.05, 4.69) is 27.7 Å². The number of halogens is 16. The Balaban J connectivity index is -0.0000000853. The molecule has 0 aliphatic rings. The molecule has 29 heavy (non-hydrogen) atoms. The van der Waals surface area contributed by atoms with Crippen molar-refractivity contribution in [2.24, 2.45) is 0 Å². The third-order valence-corrected chi connectivity index (χ3v) is 2.68. The summed E-state index contributed by atoms with van der Waals surface area (Å²) in [6.07, 6.45) is 0. The third-order valence-electron chi connectivity index (χ3n) is 2.68. The van der Waals surface area contributed by atoms with Gasteiger partial charge in [-0.05, 0) is 27.7 Å². The Morgan fingerprint density at radius 2 is 0.414 bits per heavy atom. The summed E-state index contributed by atoms with van der Waals surface area (Å²) in [6, 6.07) is 0. The zero-order valence-electron chi connectivity index (χ0n) is 15.6. The van der Waals surface area contributed by atoms with Crippen LogP contribution in [0.15, 0.2) is 0 Å². The second-order valence-corrected chi connectivity index (χ2v) is 4.59. The van der Waals surface area contributed by atoms with Crippen LogP contribution in [0.5, 0.6) is 0 Å². The first-order chi connectivity index (χ1) is 12.2. The van der Waals surface area contributed by atoms with Gasteiger partial charge in [0.1, 0.15) is 0 Å². The highest BCUT2D eigenvalue weighted by Crippen LogP contribution is 2.08. The molecule has 0 amide bonds. The zero-order chi connectivity index (χ0) is 25.3. The predicted octanol–water partition coefficient (Wildman–Crippen LogP) is 7.08. The number of hydrogen-bond acceptors (Lipinski definition) is 0. The molecule has 0 heterocycles. The highest BCUT2D eigenvalue weighted by molar-refractivity contribution is 6.50. The van der Waals surface area contributed by atoms with Crippen molar-refractivity contribution in [3.8, 4) is 0 Å². The lowest BCUT2D eigenvalue weighted by molar-refractivity contribution is -0.921. The van der Waals surface area contributed by atoms with Gasteiger partial charge in [-0.1, -0.05) is 0 Å². The second kappa shape index (κ2) is 16.8. The molecule has 184 valence electrons. The third kappa shape index (κ3) is 139. The predicted molar refractivity (Wildman–Crippen MR) is 83.2 cm³/mol. The van der Waals surface area contributed by atoms with Crippen LogP contribution < -0.4 is 0 Å². The molecule has 0 rings (SSSR count). The van der Waals surface area contributed by atoms with Crippen LogP contribution in [-0.4, -0.2) is 59.7 Å². The first-order valence-corrected chi connectivity index (χ1v) is 7.58. The van der Waals surface area contributed by atoms with Crippen LogP contribution in [0.1, 0.15) is 27.7 Å². The van der Waals surface area contributed by atoms with Crippen LogP contribution in [0, 0.1) is 0 Å². The van der Waals surface area contributed by atoms with Crippen molar-refractivity contribution in [3.05, 3.63) is 0 Å². The van der Waals surface area contributed by atoms with Crippen molar-refractivity contribution in [1.29, 1.82) is 0 Å². The molecule has 1 nitrogen and oxygen atoms in total. The first-order valence-electron chi connectivity index (χ1n) is 7.58. The van der Waals surface area contributed by atoms with Crippen molar-refractivity contribution in [3.63, 3.8) is 0 Å². The minimum Gasteiger partial charge on any atom is -0.418 e. The van der Waals surface area contributed by atoms with E-state index in [-0.39, 0.29) is 0 Å². The van der Waals surface area contributed by atoms with Gasteiger partial charge in [0.05, 0.1) is 26.2 Å². The molecular formula is C8H20B4F16N-3. The van der Waals surface area contributed by atoms with Gasteiger partial charge in [-0.2, -0.15) is 0 Å². The van der Waals surface area contributed by atoms with Crippen LogP contribution in [0.4, 0.5) is 69.1 Å². The monoisotopic (exact) mass is 478 g/mol. The van der Waals surface area contributed by atoms with Crippen molar-refractivity contribution in [2.45, 2.75) is 27.7 Å². The van der Waals surface area contributed by atoms with E-state index in [1.165, 1.54) is 30.7 Å². The molecule has 0 bridgehead atoms. The molecule has 0 aliphatic heterocycles. The van der Waals surface area contributed by atoms with Gasteiger partial charge in [-0.25, -0.2) is 0 Å². The number of quaternary nitrogens is 1. The summed E-state index contributed by atoms with van der Waals surface area (Å²) in [7, 11) is -24.0. The van der Waals surface area contributed by atoms with Gasteiger partial charge in [0.25, 0.3) is 0 Å². The minimum absolute atomic E-state index is 1.28. The number of rotatable bonds is 4. The Morgan fingerprint density at radius 3 is 0.414 bits per heavy atom. The first kappa shape index (κ1) is 38.7. The van der Waals surface area contributed by atoms with E-state index < -0.39 is 29.0 Å². The van der Waals surface area contributed by atoms with Crippen LogP contribution in [-0.2, 0) is 0 Å². The van der Waals surface area contributed by atoms with Gasteiger partial charge in [-0.3, -0.25) is 0 Å². The molecule has 21 heteroatoms. The van der Waals surface area contributed by atoms with Crippen LogP contribution in [0.3, 0.4) is 0 Å². The topological polar surface area (TPSA) is 0 Å². The molecular weight excluding hydrogens is 457 g/mol. The van der Waals surface area contributed by atoms with Crippen molar-refractivity contribution in [1.82, 2.24) is 0 Å². The molecule has 0 spiro atoms. The Morgan fingerprint density at radius 1 is 0.345 bits per heavy atom. The van der Waals surface area contributed by atoms with E-state index in [1.54, 1.807) is 0 Å². The van der Waals surface area contributed by atoms with E-state index >= 15 is 0 Å². The Kier molecular flexibility index (Phi) is 22.5. The van der Waals surface area contributed by atoms with Crippen molar-refractivity contribution >= 4 is 29.0 Å². The molecule has 0 saturated carbocycles. The van der Waals surface area contributed by atoms with Gasteiger partial charge >= 0.3 is 29.0 Å². The molecule has 0 aromatic rings. The number of nitrogens with zero attached hydrogens (tertiary/aromatic N) is 1. The average molecular weight is 477 g/mol. The number of hydrogen-bond donors (Lipinski definition) is 0. The highest BCUT2D eigenvalue weighted by Gasteiger charge is 2.22. The van der Waals surface area contributed by atoms with Gasteiger partial charge in [-0.15, -0.1) is 0 Å². The fraction of sp³-hybridized carbons (Fsp3) is 1.00. The van der Waals surface area contributed by atoms with Crippen LogP contribution >= 0.6 is 0 Å². The lowest BCUT2D eigenvalue weighted by Crippen LogP contribution is -2.47. The highest BCUT2D eigenvalue weighted by atomic mass is 19.5. The minimum atomic E-state index is -6.00. The molecule has 0 fully saturated rings. The zero-order valence-corrected chi connectivity index (χ0v) is 15.6. The van der Waals surface area contributed by atoms with Gasteiger partial charge in [0, 0.05) is 0 Å². The van der Waals surface area contributed by atoms with Crippen molar-refractivity contribution in [2.75, 3.05) is 26.2 Å². The Labute approximate surface area is 157 Å². The molecule has 0 aromatic carbocycles. The van der Waals surface area contributed by atoms with Crippen LogP contribution in [0.25, 0.3) is 0 Å². The maximum Gasteiger partial charge on any atom is 0.673 e. The molecule has 0 atom stereocenters. The second-order valence-electron chi connectivity index (χ2n) is 4.59. The summed E-state index contributed by atoms with van der Waals surface area (Å²) in [6.45, 7) is 14.2. The maximum atomic E-state index is 9.75. The lowest BCUT2D eigenvalue weighted by Gasteiger charge is -2.34. The molecule has 0 saturated heterocycles. The summed E-state index contributed by atoms with van der Waals surface area (Å²) in [5.41, 5.74) is 0. The molecule has 0 aliphatic carbocycles. The summed E-state index contributed by atoms with van der Waals surface area (Å²) in [5.74, 6) is 0.